The van der Waals surface area contributed by atoms with E-state index in [1.807, 2.05) is 19.0 Å². The van der Waals surface area contributed by atoms with Gasteiger partial charge in [-0.05, 0) is 32.7 Å². The summed E-state index contributed by atoms with van der Waals surface area (Å²) in [5, 5.41) is 18.3. The fourth-order valence-electron chi connectivity index (χ4n) is 1.36. The minimum absolute atomic E-state index is 0. The third-order valence-electron chi connectivity index (χ3n) is 2.61. The number of carboxylic acids is 2. The maximum Gasteiger partial charge on any atom is 1.00 e. The average molecular weight is 411 g/mol. The molecule has 0 aliphatic carbocycles. The van der Waals surface area contributed by atoms with Gasteiger partial charge in [0.2, 0.25) is 0 Å². The molecular formula is C15H27NNa2O7S. The van der Waals surface area contributed by atoms with Crippen LogP contribution in [0, 0.1) is 0 Å². The summed E-state index contributed by atoms with van der Waals surface area (Å²) in [6.07, 6.45) is 5.50. The smallest absolute Gasteiger partial charge is 0.545 e. The minimum Gasteiger partial charge on any atom is -0.545 e. The molecule has 0 bridgehead atoms. The fraction of sp³-hybridized carbons (Fsp3) is 0.600. The van der Waals surface area contributed by atoms with Crippen LogP contribution in [0.1, 0.15) is 32.6 Å². The Morgan fingerprint density at radius 2 is 1.42 bits per heavy atom. The van der Waals surface area contributed by atoms with Crippen LogP contribution < -0.4 is 69.3 Å². The van der Waals surface area contributed by atoms with Crippen molar-refractivity contribution < 1.29 is 91.9 Å². The Kier molecular flexibility index (Phi) is 33.3. The fourth-order valence-corrected chi connectivity index (χ4v) is 2.31. The maximum atomic E-state index is 10.7. The second kappa shape index (κ2) is 23.3. The number of hydrogen-bond acceptors (Lipinski definition) is 7. The quantitative estimate of drug-likeness (QED) is 0.171. The van der Waals surface area contributed by atoms with Gasteiger partial charge in [0.1, 0.15) is 0 Å². The molecule has 26 heavy (non-hydrogen) atoms. The Balaban J connectivity index is -0.000000102. The summed E-state index contributed by atoms with van der Waals surface area (Å²) in [4.78, 5) is 20.1. The molecule has 0 aromatic rings. The van der Waals surface area contributed by atoms with E-state index >= 15 is 0 Å². The van der Waals surface area contributed by atoms with Crippen LogP contribution in [0.25, 0.3) is 0 Å². The molecule has 0 amide bonds. The van der Waals surface area contributed by atoms with Crippen LogP contribution in [0.5, 0.6) is 0 Å². The van der Waals surface area contributed by atoms with E-state index in [1.54, 1.807) is 0 Å². The molecule has 1 atom stereocenters. The number of unbranched alkanes of at least 4 members (excludes halogenated alkanes) is 2. The average Bonchev–Trinajstić information content (AvgIpc) is 2.46. The summed E-state index contributed by atoms with van der Waals surface area (Å²) >= 11 is 0. The van der Waals surface area contributed by atoms with Gasteiger partial charge in [0.25, 0.3) is 10.1 Å². The van der Waals surface area contributed by atoms with Crippen molar-refractivity contribution in [3.63, 3.8) is 0 Å². The summed E-state index contributed by atoms with van der Waals surface area (Å²) in [6, 6.07) is -0.0726. The van der Waals surface area contributed by atoms with E-state index in [-0.39, 0.29) is 70.9 Å². The van der Waals surface area contributed by atoms with Gasteiger partial charge in [-0.3, -0.25) is 4.55 Å². The standard InChI is InChI=1S/C9H21NO3S.2C3H4O2.2Na/c1-4-5-6-7-9(10(2)3)8-14(11,12)13;2*1-2-3(4)5;;/h9H,4-8H2,1-3H3,(H,11,12,13);2*2H,1H2,(H,4,5);;/q;;;2*+1/p-2. The van der Waals surface area contributed by atoms with E-state index in [0.29, 0.717) is 0 Å². The molecule has 1 N–H and O–H groups in total. The first kappa shape index (κ1) is 37.1. The van der Waals surface area contributed by atoms with Gasteiger partial charge in [0.05, 0.1) is 17.7 Å². The summed E-state index contributed by atoms with van der Waals surface area (Å²) in [5.74, 6) is -2.63. The van der Waals surface area contributed by atoms with Crippen molar-refractivity contribution in [2.24, 2.45) is 0 Å². The van der Waals surface area contributed by atoms with Crippen molar-refractivity contribution in [2.75, 3.05) is 19.8 Å². The van der Waals surface area contributed by atoms with Crippen molar-refractivity contribution in [3.8, 4) is 0 Å². The third-order valence-corrected chi connectivity index (χ3v) is 3.41. The van der Waals surface area contributed by atoms with Crippen LogP contribution in [0.15, 0.2) is 25.3 Å². The molecule has 0 saturated heterocycles. The monoisotopic (exact) mass is 411 g/mol. The Morgan fingerprint density at radius 1 is 1.08 bits per heavy atom. The van der Waals surface area contributed by atoms with Gasteiger partial charge in [0.15, 0.2) is 0 Å². The van der Waals surface area contributed by atoms with E-state index in [1.165, 1.54) is 0 Å². The molecule has 0 fully saturated rings. The molecular weight excluding hydrogens is 384 g/mol. The molecule has 0 rings (SSSR count). The minimum atomic E-state index is -3.85. The molecule has 142 valence electrons. The first-order valence-electron chi connectivity index (χ1n) is 7.19. The molecule has 0 aromatic heterocycles. The number of nitrogens with zero attached hydrogens (tertiary/aromatic N) is 1. The number of hydrogen-bond donors (Lipinski definition) is 1. The SMILES string of the molecule is C=CC(=O)[O-].C=CC(=O)[O-].CCCCCC(CS(=O)(=O)O)N(C)C.[Na+].[Na+]. The molecule has 0 spiro atoms. The Morgan fingerprint density at radius 3 is 1.62 bits per heavy atom. The summed E-state index contributed by atoms with van der Waals surface area (Å²) < 4.78 is 30.2. The molecule has 1 unspecified atom stereocenters. The summed E-state index contributed by atoms with van der Waals surface area (Å²) in [7, 11) is -0.177. The van der Waals surface area contributed by atoms with E-state index in [9.17, 15) is 8.42 Å². The van der Waals surface area contributed by atoms with Crippen LogP contribution in [-0.2, 0) is 19.7 Å². The van der Waals surface area contributed by atoms with Crippen LogP contribution >= 0.6 is 0 Å². The molecule has 0 aliphatic rings. The number of rotatable bonds is 9. The van der Waals surface area contributed by atoms with Crippen molar-refractivity contribution in [2.45, 2.75) is 38.6 Å². The van der Waals surface area contributed by atoms with Crippen LogP contribution in [-0.4, -0.2) is 55.7 Å². The van der Waals surface area contributed by atoms with E-state index in [0.717, 1.165) is 37.8 Å². The Bertz CT molecular complexity index is 464. The summed E-state index contributed by atoms with van der Waals surface area (Å²) in [6.45, 7) is 7.90. The molecule has 11 heteroatoms. The molecule has 0 saturated carbocycles. The van der Waals surface area contributed by atoms with E-state index in [4.69, 9.17) is 24.4 Å². The number of carbonyl (C=O) groups excluding carboxylic acids is 2. The van der Waals surface area contributed by atoms with Crippen molar-refractivity contribution >= 4 is 22.1 Å². The number of carboxylic acid groups (broad SMARTS) is 2. The normalized spacial score (nSPS) is 10.3. The van der Waals surface area contributed by atoms with Gasteiger partial charge in [0, 0.05) is 6.04 Å². The van der Waals surface area contributed by atoms with Crippen LogP contribution in [0.3, 0.4) is 0 Å². The molecule has 0 aliphatic heterocycles. The van der Waals surface area contributed by atoms with E-state index < -0.39 is 22.1 Å². The number of carbonyl (C=O) groups is 2. The second-order valence-corrected chi connectivity index (χ2v) is 6.41. The zero-order valence-electron chi connectivity index (χ0n) is 16.4. The molecule has 0 aromatic carbocycles. The first-order valence-corrected chi connectivity index (χ1v) is 8.80. The third kappa shape index (κ3) is 39.4. The zero-order valence-corrected chi connectivity index (χ0v) is 21.3. The van der Waals surface area contributed by atoms with Gasteiger partial charge in [-0.2, -0.15) is 8.42 Å². The van der Waals surface area contributed by atoms with Gasteiger partial charge < -0.3 is 24.7 Å². The van der Waals surface area contributed by atoms with E-state index in [2.05, 4.69) is 20.1 Å². The first-order chi connectivity index (χ1) is 10.9. The summed E-state index contributed by atoms with van der Waals surface area (Å²) in [5.41, 5.74) is 0. The van der Waals surface area contributed by atoms with Gasteiger partial charge in [-0.15, -0.1) is 0 Å². The molecule has 0 heterocycles. The largest absolute Gasteiger partial charge is 1.00 e. The van der Waals surface area contributed by atoms with Gasteiger partial charge >= 0.3 is 59.1 Å². The zero-order chi connectivity index (χ0) is 19.8. The van der Waals surface area contributed by atoms with Crippen molar-refractivity contribution in [3.05, 3.63) is 25.3 Å². The Hall–Kier alpha value is 0.290. The van der Waals surface area contributed by atoms with Gasteiger partial charge in [-0.25, -0.2) is 0 Å². The molecule has 8 nitrogen and oxygen atoms in total. The van der Waals surface area contributed by atoms with Crippen LogP contribution in [0.4, 0.5) is 0 Å². The topological polar surface area (TPSA) is 138 Å². The predicted molar refractivity (Wildman–Crippen MR) is 88.4 cm³/mol. The van der Waals surface area contributed by atoms with Gasteiger partial charge in [-0.1, -0.05) is 39.3 Å². The Labute approximate surface area is 201 Å². The second-order valence-electron chi connectivity index (χ2n) is 4.91. The number of aliphatic carboxylic acids is 2. The molecule has 0 radical (unpaired) electrons. The predicted octanol–water partition coefficient (Wildman–Crippen LogP) is -6.76. The van der Waals surface area contributed by atoms with Crippen molar-refractivity contribution in [1.29, 1.82) is 0 Å². The van der Waals surface area contributed by atoms with Crippen molar-refractivity contribution in [1.82, 2.24) is 4.90 Å². The van der Waals surface area contributed by atoms with Crippen LogP contribution in [0.2, 0.25) is 0 Å². The maximum absolute atomic E-state index is 10.7.